The molecule has 21 heavy (non-hydrogen) atoms. The van der Waals surface area contributed by atoms with Crippen molar-refractivity contribution in [3.05, 3.63) is 81.4 Å². The Hall–Kier alpha value is -1.82. The summed E-state index contributed by atoms with van der Waals surface area (Å²) in [6, 6.07) is 16.5. The van der Waals surface area contributed by atoms with Gasteiger partial charge in [0, 0.05) is 5.92 Å². The third-order valence-corrected chi connectivity index (χ3v) is 5.33. The summed E-state index contributed by atoms with van der Waals surface area (Å²) in [5.41, 5.74) is 10.7. The first-order valence-electron chi connectivity index (χ1n) is 8.09. The molecule has 0 amide bonds. The molecule has 0 N–H and O–H groups in total. The largest absolute Gasteiger partial charge is 0.0619 e. The molecule has 0 saturated heterocycles. The Labute approximate surface area is 127 Å². The summed E-state index contributed by atoms with van der Waals surface area (Å²) in [6.07, 6.45) is 4.61. The van der Waals surface area contributed by atoms with Crippen LogP contribution >= 0.6 is 0 Å². The van der Waals surface area contributed by atoms with Crippen molar-refractivity contribution in [2.45, 2.75) is 45.4 Å². The van der Waals surface area contributed by atoms with Crippen LogP contribution in [-0.2, 0) is 25.7 Å². The van der Waals surface area contributed by atoms with Crippen molar-refractivity contribution in [2.75, 3.05) is 0 Å². The quantitative estimate of drug-likeness (QED) is 0.642. The molecular formula is C21H22. The van der Waals surface area contributed by atoms with Crippen molar-refractivity contribution in [2.24, 2.45) is 0 Å². The highest BCUT2D eigenvalue weighted by Crippen LogP contribution is 2.48. The normalized spacial score (nSPS) is 17.8. The van der Waals surface area contributed by atoms with Gasteiger partial charge in [0.1, 0.15) is 0 Å². The van der Waals surface area contributed by atoms with Crippen LogP contribution in [0.2, 0.25) is 0 Å². The Bertz CT molecular complexity index is 704. The van der Waals surface area contributed by atoms with Gasteiger partial charge in [-0.25, -0.2) is 0 Å². The minimum Gasteiger partial charge on any atom is -0.0619 e. The summed E-state index contributed by atoms with van der Waals surface area (Å²) in [5.74, 6) is 0.642. The first-order valence-corrected chi connectivity index (χ1v) is 8.09. The second-order valence-electron chi connectivity index (χ2n) is 6.65. The van der Waals surface area contributed by atoms with Gasteiger partial charge in [-0.3, -0.25) is 0 Å². The van der Waals surface area contributed by atoms with Gasteiger partial charge in [-0.05, 0) is 67.3 Å². The van der Waals surface area contributed by atoms with Crippen LogP contribution < -0.4 is 0 Å². The van der Waals surface area contributed by atoms with Crippen LogP contribution in [0.3, 0.4) is 0 Å². The van der Waals surface area contributed by atoms with E-state index in [-0.39, 0.29) is 0 Å². The molecule has 0 spiro atoms. The molecule has 2 aromatic carbocycles. The fraction of sp³-hybridized carbons (Fsp3) is 0.333. The minimum atomic E-state index is 0.642. The van der Waals surface area contributed by atoms with E-state index in [0.717, 1.165) is 25.7 Å². The zero-order valence-corrected chi connectivity index (χ0v) is 12.9. The van der Waals surface area contributed by atoms with Gasteiger partial charge in [0.05, 0.1) is 0 Å². The van der Waals surface area contributed by atoms with Gasteiger partial charge in [0.2, 0.25) is 0 Å². The highest BCUT2D eigenvalue weighted by molar-refractivity contribution is 5.55. The van der Waals surface area contributed by atoms with E-state index in [1.165, 1.54) is 16.7 Å². The molecule has 0 atom stereocenters. The maximum atomic E-state index is 2.48. The summed E-state index contributed by atoms with van der Waals surface area (Å²) in [6.45, 7) is 4.58. The Morgan fingerprint density at radius 1 is 0.667 bits per heavy atom. The van der Waals surface area contributed by atoms with Crippen LogP contribution in [-0.4, -0.2) is 0 Å². The second kappa shape index (κ2) is 4.87. The molecule has 0 fully saturated rings. The Balaban J connectivity index is 1.73. The first-order chi connectivity index (χ1) is 10.2. The molecule has 5 aliphatic carbocycles. The van der Waals surface area contributed by atoms with Gasteiger partial charge >= 0.3 is 0 Å². The number of aryl methyl sites for hydroxylation is 4. The molecule has 0 nitrogen and oxygen atoms in total. The molecule has 0 unspecified atom stereocenters. The van der Waals surface area contributed by atoms with Crippen molar-refractivity contribution in [3.8, 4) is 0 Å². The van der Waals surface area contributed by atoms with E-state index in [1.54, 1.807) is 22.3 Å². The zero-order chi connectivity index (χ0) is 14.4. The number of allylic oxidation sites excluding steroid dienone is 2. The smallest absolute Gasteiger partial charge is 0.0260 e. The Kier molecular flexibility index (Phi) is 2.99. The fourth-order valence-electron chi connectivity index (χ4n) is 3.68. The number of rotatable bonds is 1. The van der Waals surface area contributed by atoms with Gasteiger partial charge in [-0.2, -0.15) is 0 Å². The molecule has 0 radical (unpaired) electrons. The van der Waals surface area contributed by atoms with Gasteiger partial charge in [-0.1, -0.05) is 53.6 Å². The van der Waals surface area contributed by atoms with Crippen LogP contribution in [0.4, 0.5) is 0 Å². The molecule has 2 aromatic rings. The van der Waals surface area contributed by atoms with Crippen molar-refractivity contribution in [1.82, 2.24) is 0 Å². The van der Waals surface area contributed by atoms with E-state index >= 15 is 0 Å². The molecule has 5 aliphatic rings. The molecule has 0 aromatic heterocycles. The van der Waals surface area contributed by atoms with Gasteiger partial charge in [0.25, 0.3) is 0 Å². The summed E-state index contributed by atoms with van der Waals surface area (Å²) in [7, 11) is 0. The highest BCUT2D eigenvalue weighted by Gasteiger charge is 2.32. The molecule has 0 saturated carbocycles. The van der Waals surface area contributed by atoms with Crippen molar-refractivity contribution in [1.29, 1.82) is 0 Å². The average molecular weight is 274 g/mol. The summed E-state index contributed by atoms with van der Waals surface area (Å²) in [4.78, 5) is 0. The van der Waals surface area contributed by atoms with E-state index in [1.807, 2.05) is 0 Å². The van der Waals surface area contributed by atoms with Crippen LogP contribution in [0.15, 0.2) is 53.6 Å². The van der Waals surface area contributed by atoms with Crippen molar-refractivity contribution < 1.29 is 0 Å². The summed E-state index contributed by atoms with van der Waals surface area (Å²) < 4.78 is 0. The molecule has 0 heterocycles. The molecule has 4 bridgehead atoms. The van der Waals surface area contributed by atoms with E-state index < -0.39 is 0 Å². The van der Waals surface area contributed by atoms with Crippen LogP contribution in [0.25, 0.3) is 0 Å². The summed E-state index contributed by atoms with van der Waals surface area (Å²) in [5, 5.41) is 0. The predicted octanol–water partition coefficient (Wildman–Crippen LogP) is 5.00. The van der Waals surface area contributed by atoms with E-state index in [9.17, 15) is 0 Å². The highest BCUT2D eigenvalue weighted by atomic mass is 14.4. The lowest BCUT2D eigenvalue weighted by atomic mass is 9.90. The van der Waals surface area contributed by atoms with Crippen LogP contribution in [0.1, 0.15) is 47.6 Å². The topological polar surface area (TPSA) is 0 Å². The van der Waals surface area contributed by atoms with Gasteiger partial charge in [-0.15, -0.1) is 0 Å². The SMILES string of the molecule is CC1=C(C)C1c1cc2ccc1CCc1ccc(cc1)CC2. The molecule has 0 heteroatoms. The maximum absolute atomic E-state index is 2.48. The third-order valence-electron chi connectivity index (χ3n) is 5.33. The van der Waals surface area contributed by atoms with Crippen LogP contribution in [0.5, 0.6) is 0 Å². The first kappa shape index (κ1) is 12.9. The standard InChI is InChI=1S/C21H22/c1-14-15(2)21(14)20-13-18-8-7-16-3-5-17(6-4-16)9-11-19(20)12-10-18/h3-6,10,12-13,21H,7-9,11H2,1-2H3. The van der Waals surface area contributed by atoms with Crippen molar-refractivity contribution >= 4 is 0 Å². The van der Waals surface area contributed by atoms with Gasteiger partial charge in [0.15, 0.2) is 0 Å². The van der Waals surface area contributed by atoms with E-state index in [4.69, 9.17) is 0 Å². The monoisotopic (exact) mass is 274 g/mol. The average Bonchev–Trinajstić information content (AvgIpc) is 3.09. The minimum absolute atomic E-state index is 0.642. The van der Waals surface area contributed by atoms with E-state index in [0.29, 0.717) is 5.92 Å². The Morgan fingerprint density at radius 2 is 1.19 bits per heavy atom. The second-order valence-corrected chi connectivity index (χ2v) is 6.65. The Morgan fingerprint density at radius 3 is 1.81 bits per heavy atom. The number of hydrogen-bond acceptors (Lipinski definition) is 0. The molecule has 0 aliphatic heterocycles. The van der Waals surface area contributed by atoms with Crippen LogP contribution in [0, 0.1) is 0 Å². The fourth-order valence-corrected chi connectivity index (χ4v) is 3.68. The van der Waals surface area contributed by atoms with Crippen molar-refractivity contribution in [3.63, 3.8) is 0 Å². The third kappa shape index (κ3) is 2.33. The lowest BCUT2D eigenvalue weighted by Gasteiger charge is -2.15. The number of benzene rings is 2. The predicted molar refractivity (Wildman–Crippen MR) is 88.8 cm³/mol. The molecular weight excluding hydrogens is 252 g/mol. The molecule has 7 rings (SSSR count). The molecule has 106 valence electrons. The lowest BCUT2D eigenvalue weighted by Crippen LogP contribution is -2.02. The van der Waals surface area contributed by atoms with Gasteiger partial charge < -0.3 is 0 Å². The van der Waals surface area contributed by atoms with E-state index in [2.05, 4.69) is 56.3 Å². The zero-order valence-electron chi connectivity index (χ0n) is 12.9. The lowest BCUT2D eigenvalue weighted by molar-refractivity contribution is 0.897. The maximum Gasteiger partial charge on any atom is 0.0260 e. The number of hydrogen-bond donors (Lipinski definition) is 0. The summed E-state index contributed by atoms with van der Waals surface area (Å²) >= 11 is 0.